The second-order valence-corrected chi connectivity index (χ2v) is 6.85. The monoisotopic (exact) mass is 314 g/mol. The van der Waals surface area contributed by atoms with E-state index in [4.69, 9.17) is 0 Å². The summed E-state index contributed by atoms with van der Waals surface area (Å²) in [6.07, 6.45) is 4.38. The number of amides is 2. The van der Waals surface area contributed by atoms with Crippen LogP contribution in [0.4, 0.5) is 0 Å². The number of nitrogens with zero attached hydrogens (tertiary/aromatic N) is 1. The molecule has 1 aliphatic carbocycles. The lowest BCUT2D eigenvalue weighted by atomic mass is 9.94. The molecule has 0 spiro atoms. The number of carbonyl (C=O) groups excluding carboxylic acids is 2. The molecule has 1 aliphatic heterocycles. The summed E-state index contributed by atoms with van der Waals surface area (Å²) in [5, 5.41) is 2.92. The lowest BCUT2D eigenvalue weighted by Gasteiger charge is -2.17. The second kappa shape index (κ2) is 7.16. The SMILES string of the molecule is Cc1ccccc1C1CCN(C(=O)CCCNC(=O)C2CC2)C1. The third kappa shape index (κ3) is 4.12. The summed E-state index contributed by atoms with van der Waals surface area (Å²) in [5.74, 6) is 1.11. The lowest BCUT2D eigenvalue weighted by Crippen LogP contribution is -2.30. The van der Waals surface area contributed by atoms with Crippen LogP contribution in [0.15, 0.2) is 24.3 Å². The molecule has 23 heavy (non-hydrogen) atoms. The number of likely N-dealkylation sites (tertiary alicyclic amines) is 1. The van der Waals surface area contributed by atoms with Crippen molar-refractivity contribution in [2.45, 2.75) is 44.9 Å². The van der Waals surface area contributed by atoms with Gasteiger partial charge in [-0.2, -0.15) is 0 Å². The van der Waals surface area contributed by atoms with E-state index in [0.717, 1.165) is 38.8 Å². The molecule has 0 radical (unpaired) electrons. The molecule has 1 aromatic carbocycles. The maximum atomic E-state index is 12.3. The predicted octanol–water partition coefficient (Wildman–Crippen LogP) is 2.62. The molecule has 2 amide bonds. The molecular formula is C19H26N2O2. The number of hydrogen-bond donors (Lipinski definition) is 1. The number of nitrogens with one attached hydrogen (secondary N) is 1. The minimum atomic E-state index is 0.165. The van der Waals surface area contributed by atoms with Gasteiger partial charge in [-0.05, 0) is 43.7 Å². The van der Waals surface area contributed by atoms with Crippen LogP contribution in [0.3, 0.4) is 0 Å². The normalized spacial score (nSPS) is 20.6. The molecule has 4 nitrogen and oxygen atoms in total. The third-order valence-electron chi connectivity index (χ3n) is 4.98. The summed E-state index contributed by atoms with van der Waals surface area (Å²) in [5.41, 5.74) is 2.69. The molecule has 1 saturated heterocycles. The van der Waals surface area contributed by atoms with E-state index < -0.39 is 0 Å². The standard InChI is InChI=1S/C19H26N2O2/c1-14-5-2-3-6-17(14)16-10-12-21(13-16)18(22)7-4-11-20-19(23)15-8-9-15/h2-3,5-6,15-16H,4,7-13H2,1H3,(H,20,23). The van der Waals surface area contributed by atoms with Crippen LogP contribution in [0.5, 0.6) is 0 Å². The molecule has 0 bridgehead atoms. The molecule has 4 heteroatoms. The highest BCUT2D eigenvalue weighted by atomic mass is 16.2. The van der Waals surface area contributed by atoms with E-state index in [0.29, 0.717) is 18.9 Å². The fourth-order valence-electron chi connectivity index (χ4n) is 3.38. The summed E-state index contributed by atoms with van der Waals surface area (Å²) in [6.45, 7) is 4.45. The van der Waals surface area contributed by atoms with Gasteiger partial charge in [0.05, 0.1) is 0 Å². The Morgan fingerprint density at radius 1 is 1.22 bits per heavy atom. The van der Waals surface area contributed by atoms with Gasteiger partial charge in [0.15, 0.2) is 0 Å². The van der Waals surface area contributed by atoms with Gasteiger partial charge in [-0.1, -0.05) is 24.3 Å². The fraction of sp³-hybridized carbons (Fsp3) is 0.579. The Morgan fingerprint density at radius 3 is 2.74 bits per heavy atom. The quantitative estimate of drug-likeness (QED) is 0.821. The number of benzene rings is 1. The van der Waals surface area contributed by atoms with E-state index in [1.807, 2.05) is 4.90 Å². The molecular weight excluding hydrogens is 288 g/mol. The highest BCUT2D eigenvalue weighted by Crippen LogP contribution is 2.30. The maximum absolute atomic E-state index is 12.3. The molecule has 0 aromatic heterocycles. The average molecular weight is 314 g/mol. The van der Waals surface area contributed by atoms with Crippen molar-refractivity contribution >= 4 is 11.8 Å². The van der Waals surface area contributed by atoms with Crippen molar-refractivity contribution in [1.82, 2.24) is 10.2 Å². The van der Waals surface area contributed by atoms with Gasteiger partial charge in [0.25, 0.3) is 0 Å². The fourth-order valence-corrected chi connectivity index (χ4v) is 3.38. The Bertz CT molecular complexity index is 580. The topological polar surface area (TPSA) is 49.4 Å². The van der Waals surface area contributed by atoms with Crippen LogP contribution in [-0.4, -0.2) is 36.3 Å². The number of aryl methyl sites for hydroxylation is 1. The van der Waals surface area contributed by atoms with Gasteiger partial charge in [0.2, 0.25) is 11.8 Å². The van der Waals surface area contributed by atoms with Crippen LogP contribution in [0.25, 0.3) is 0 Å². The molecule has 2 aliphatic rings. The molecule has 2 fully saturated rings. The first-order chi connectivity index (χ1) is 11.1. The molecule has 1 aromatic rings. The summed E-state index contributed by atoms with van der Waals surface area (Å²) in [4.78, 5) is 25.8. The van der Waals surface area contributed by atoms with Crippen molar-refractivity contribution in [3.63, 3.8) is 0 Å². The Morgan fingerprint density at radius 2 is 2.00 bits per heavy atom. The number of hydrogen-bond acceptors (Lipinski definition) is 2. The van der Waals surface area contributed by atoms with Crippen molar-refractivity contribution in [3.8, 4) is 0 Å². The van der Waals surface area contributed by atoms with E-state index in [-0.39, 0.29) is 17.7 Å². The first-order valence-electron chi connectivity index (χ1n) is 8.76. The third-order valence-corrected chi connectivity index (χ3v) is 4.98. The Labute approximate surface area is 138 Å². The lowest BCUT2D eigenvalue weighted by molar-refractivity contribution is -0.130. The van der Waals surface area contributed by atoms with Gasteiger partial charge in [0, 0.05) is 37.9 Å². The van der Waals surface area contributed by atoms with Gasteiger partial charge in [-0.3, -0.25) is 9.59 Å². The average Bonchev–Trinajstić information content (AvgIpc) is 3.29. The van der Waals surface area contributed by atoms with Crippen molar-refractivity contribution in [1.29, 1.82) is 0 Å². The highest BCUT2D eigenvalue weighted by Gasteiger charge is 2.29. The summed E-state index contributed by atoms with van der Waals surface area (Å²) in [6, 6.07) is 8.46. The van der Waals surface area contributed by atoms with Crippen molar-refractivity contribution in [2.75, 3.05) is 19.6 Å². The molecule has 1 saturated carbocycles. The number of carbonyl (C=O) groups is 2. The first kappa shape index (κ1) is 16.0. The van der Waals surface area contributed by atoms with Crippen molar-refractivity contribution < 1.29 is 9.59 Å². The largest absolute Gasteiger partial charge is 0.356 e. The van der Waals surface area contributed by atoms with Crippen molar-refractivity contribution in [2.24, 2.45) is 5.92 Å². The smallest absolute Gasteiger partial charge is 0.223 e. The predicted molar refractivity (Wildman–Crippen MR) is 90.1 cm³/mol. The molecule has 1 heterocycles. The van der Waals surface area contributed by atoms with Crippen LogP contribution in [0, 0.1) is 12.8 Å². The zero-order chi connectivity index (χ0) is 16.2. The van der Waals surface area contributed by atoms with E-state index in [2.05, 4.69) is 36.5 Å². The van der Waals surface area contributed by atoms with Crippen molar-refractivity contribution in [3.05, 3.63) is 35.4 Å². The number of rotatable bonds is 6. The zero-order valence-corrected chi connectivity index (χ0v) is 13.9. The summed E-state index contributed by atoms with van der Waals surface area (Å²) < 4.78 is 0. The first-order valence-corrected chi connectivity index (χ1v) is 8.76. The van der Waals surface area contributed by atoms with Gasteiger partial charge in [-0.15, -0.1) is 0 Å². The van der Waals surface area contributed by atoms with Gasteiger partial charge in [0.1, 0.15) is 0 Å². The molecule has 1 atom stereocenters. The van der Waals surface area contributed by atoms with E-state index in [1.54, 1.807) is 0 Å². The summed E-state index contributed by atoms with van der Waals surface area (Å²) >= 11 is 0. The Hall–Kier alpha value is -1.84. The summed E-state index contributed by atoms with van der Waals surface area (Å²) in [7, 11) is 0. The van der Waals surface area contributed by atoms with Crippen LogP contribution < -0.4 is 5.32 Å². The van der Waals surface area contributed by atoms with E-state index >= 15 is 0 Å². The minimum absolute atomic E-state index is 0.165. The molecule has 1 N–H and O–H groups in total. The minimum Gasteiger partial charge on any atom is -0.356 e. The molecule has 124 valence electrons. The van der Waals surface area contributed by atoms with Crippen LogP contribution in [-0.2, 0) is 9.59 Å². The molecule has 3 rings (SSSR count). The van der Waals surface area contributed by atoms with Gasteiger partial charge in [-0.25, -0.2) is 0 Å². The van der Waals surface area contributed by atoms with E-state index in [9.17, 15) is 9.59 Å². The maximum Gasteiger partial charge on any atom is 0.223 e. The van der Waals surface area contributed by atoms with Gasteiger partial charge >= 0.3 is 0 Å². The highest BCUT2D eigenvalue weighted by molar-refractivity contribution is 5.81. The van der Waals surface area contributed by atoms with Crippen LogP contribution in [0.1, 0.15) is 49.1 Å². The van der Waals surface area contributed by atoms with Gasteiger partial charge < -0.3 is 10.2 Å². The second-order valence-electron chi connectivity index (χ2n) is 6.85. The zero-order valence-electron chi connectivity index (χ0n) is 13.9. The molecule has 1 unspecified atom stereocenters. The Kier molecular flexibility index (Phi) is 4.99. The van der Waals surface area contributed by atoms with Crippen LogP contribution >= 0.6 is 0 Å². The van der Waals surface area contributed by atoms with Crippen LogP contribution in [0.2, 0.25) is 0 Å². The van der Waals surface area contributed by atoms with E-state index in [1.165, 1.54) is 11.1 Å². The Balaban J connectivity index is 1.40.